The van der Waals surface area contributed by atoms with Gasteiger partial charge >= 0.3 is 0 Å². The second-order valence-electron chi connectivity index (χ2n) is 3.24. The van der Waals surface area contributed by atoms with Crippen molar-refractivity contribution in [3.8, 4) is 0 Å². The summed E-state index contributed by atoms with van der Waals surface area (Å²) in [4.78, 5) is 11.3. The predicted octanol–water partition coefficient (Wildman–Crippen LogP) is 1.20. The lowest BCUT2D eigenvalue weighted by Gasteiger charge is -2.19. The summed E-state index contributed by atoms with van der Waals surface area (Å²) in [5.41, 5.74) is 0. The summed E-state index contributed by atoms with van der Waals surface area (Å²) >= 11 is 0. The molecular weight excluding hydrogens is 154 g/mol. The van der Waals surface area contributed by atoms with E-state index in [0.717, 1.165) is 12.8 Å². The van der Waals surface area contributed by atoms with Gasteiger partial charge in [0.2, 0.25) is 0 Å². The lowest BCUT2D eigenvalue weighted by molar-refractivity contribution is -0.130. The number of ether oxygens (including phenoxy) is 1. The third kappa shape index (κ3) is 2.57. The molecule has 0 saturated heterocycles. The van der Waals surface area contributed by atoms with Gasteiger partial charge in [0, 0.05) is 6.04 Å². The number of carbonyl (C=O) groups is 1. The average Bonchev–Trinajstić information content (AvgIpc) is 2.05. The van der Waals surface area contributed by atoms with Crippen LogP contribution in [-0.2, 0) is 9.53 Å². The molecule has 0 aromatic rings. The van der Waals surface area contributed by atoms with E-state index in [1.807, 2.05) is 19.9 Å². The van der Waals surface area contributed by atoms with Crippen LogP contribution in [0.3, 0.4) is 0 Å². The van der Waals surface area contributed by atoms with Gasteiger partial charge < -0.3 is 10.1 Å². The lowest BCUT2D eigenvalue weighted by atomic mass is 10.1. The third-order valence-electron chi connectivity index (χ3n) is 1.66. The SMILES string of the molecule is CC(C)NC(=O)C1CCC=CO1. The van der Waals surface area contributed by atoms with Gasteiger partial charge in [-0.2, -0.15) is 0 Å². The van der Waals surface area contributed by atoms with Gasteiger partial charge in [0.25, 0.3) is 5.91 Å². The molecule has 1 unspecified atom stereocenters. The molecule has 1 heterocycles. The van der Waals surface area contributed by atoms with Crippen molar-refractivity contribution >= 4 is 5.91 Å². The highest BCUT2D eigenvalue weighted by Crippen LogP contribution is 2.10. The van der Waals surface area contributed by atoms with Gasteiger partial charge in [0.05, 0.1) is 6.26 Å². The molecule has 1 aliphatic rings. The number of hydrogen-bond acceptors (Lipinski definition) is 2. The Morgan fingerprint density at radius 3 is 2.92 bits per heavy atom. The van der Waals surface area contributed by atoms with Crippen LogP contribution in [0.15, 0.2) is 12.3 Å². The first-order valence-corrected chi connectivity index (χ1v) is 4.31. The second-order valence-corrected chi connectivity index (χ2v) is 3.24. The van der Waals surface area contributed by atoms with Crippen LogP contribution in [0.25, 0.3) is 0 Å². The maximum atomic E-state index is 11.3. The van der Waals surface area contributed by atoms with Crippen molar-refractivity contribution < 1.29 is 9.53 Å². The fraction of sp³-hybridized carbons (Fsp3) is 0.667. The highest BCUT2D eigenvalue weighted by Gasteiger charge is 2.20. The predicted molar refractivity (Wildman–Crippen MR) is 46.5 cm³/mol. The summed E-state index contributed by atoms with van der Waals surface area (Å²) in [6.07, 6.45) is 4.97. The fourth-order valence-electron chi connectivity index (χ4n) is 1.10. The van der Waals surface area contributed by atoms with Crippen molar-refractivity contribution in [1.29, 1.82) is 0 Å². The van der Waals surface area contributed by atoms with Crippen molar-refractivity contribution in [3.05, 3.63) is 12.3 Å². The van der Waals surface area contributed by atoms with Crippen LogP contribution in [0.1, 0.15) is 26.7 Å². The zero-order valence-electron chi connectivity index (χ0n) is 7.54. The molecule has 0 saturated carbocycles. The number of nitrogens with one attached hydrogen (secondary N) is 1. The Kier molecular flexibility index (Phi) is 3.14. The van der Waals surface area contributed by atoms with Crippen molar-refractivity contribution in [2.75, 3.05) is 0 Å². The minimum Gasteiger partial charge on any atom is -0.489 e. The van der Waals surface area contributed by atoms with Crippen molar-refractivity contribution in [2.24, 2.45) is 0 Å². The fourth-order valence-corrected chi connectivity index (χ4v) is 1.10. The Morgan fingerprint density at radius 1 is 1.67 bits per heavy atom. The van der Waals surface area contributed by atoms with Gasteiger partial charge in [0.15, 0.2) is 6.10 Å². The van der Waals surface area contributed by atoms with Crippen LogP contribution in [0.2, 0.25) is 0 Å². The van der Waals surface area contributed by atoms with E-state index in [2.05, 4.69) is 5.32 Å². The van der Waals surface area contributed by atoms with Gasteiger partial charge in [-0.3, -0.25) is 4.79 Å². The molecule has 3 heteroatoms. The molecule has 12 heavy (non-hydrogen) atoms. The molecule has 1 aliphatic heterocycles. The first-order valence-electron chi connectivity index (χ1n) is 4.31. The molecule has 1 amide bonds. The smallest absolute Gasteiger partial charge is 0.261 e. The van der Waals surface area contributed by atoms with Gasteiger partial charge in [-0.1, -0.05) is 0 Å². The Balaban J connectivity index is 2.36. The van der Waals surface area contributed by atoms with Crippen LogP contribution < -0.4 is 5.32 Å². The maximum absolute atomic E-state index is 11.3. The first-order chi connectivity index (χ1) is 5.70. The van der Waals surface area contributed by atoms with E-state index in [9.17, 15) is 4.79 Å². The summed E-state index contributed by atoms with van der Waals surface area (Å²) in [5.74, 6) is -0.00523. The number of allylic oxidation sites excluding steroid dienone is 1. The Labute approximate surface area is 72.8 Å². The van der Waals surface area contributed by atoms with E-state index in [1.54, 1.807) is 6.26 Å². The average molecular weight is 169 g/mol. The molecule has 1 N–H and O–H groups in total. The molecule has 1 rings (SSSR count). The molecule has 0 radical (unpaired) electrons. The van der Waals surface area contributed by atoms with Gasteiger partial charge in [0.1, 0.15) is 0 Å². The molecule has 0 aromatic heterocycles. The minimum absolute atomic E-state index is 0.00523. The number of rotatable bonds is 2. The summed E-state index contributed by atoms with van der Waals surface area (Å²) in [6, 6.07) is 0.187. The molecular formula is C9H15NO2. The van der Waals surface area contributed by atoms with Crippen molar-refractivity contribution in [1.82, 2.24) is 5.32 Å². The number of amides is 1. The molecule has 68 valence electrons. The summed E-state index contributed by atoms with van der Waals surface area (Å²) in [5, 5.41) is 2.81. The molecule has 0 spiro atoms. The monoisotopic (exact) mass is 169 g/mol. The normalized spacial score (nSPS) is 22.1. The van der Waals surface area contributed by atoms with Crippen molar-refractivity contribution in [3.63, 3.8) is 0 Å². The Bertz CT molecular complexity index is 187. The minimum atomic E-state index is -0.280. The summed E-state index contributed by atoms with van der Waals surface area (Å²) in [6.45, 7) is 3.88. The summed E-state index contributed by atoms with van der Waals surface area (Å²) in [7, 11) is 0. The Morgan fingerprint density at radius 2 is 2.42 bits per heavy atom. The highest BCUT2D eigenvalue weighted by atomic mass is 16.5. The van der Waals surface area contributed by atoms with E-state index in [-0.39, 0.29) is 18.1 Å². The molecule has 0 aromatic carbocycles. The molecule has 1 atom stereocenters. The molecule has 3 nitrogen and oxygen atoms in total. The molecule has 0 bridgehead atoms. The van der Waals surface area contributed by atoms with Crippen molar-refractivity contribution in [2.45, 2.75) is 38.8 Å². The van der Waals surface area contributed by atoms with E-state index >= 15 is 0 Å². The standard InChI is InChI=1S/C9H15NO2/c1-7(2)10-9(11)8-5-3-4-6-12-8/h4,6-8H,3,5H2,1-2H3,(H,10,11). The number of carbonyl (C=O) groups excluding carboxylic acids is 1. The number of hydrogen-bond donors (Lipinski definition) is 1. The van der Waals surface area contributed by atoms with Crippen LogP contribution >= 0.6 is 0 Å². The maximum Gasteiger partial charge on any atom is 0.261 e. The first kappa shape index (κ1) is 9.10. The second kappa shape index (κ2) is 4.14. The van der Waals surface area contributed by atoms with Crippen LogP contribution in [0.5, 0.6) is 0 Å². The van der Waals surface area contributed by atoms with Gasteiger partial charge in [-0.05, 0) is 32.8 Å². The summed E-state index contributed by atoms with van der Waals surface area (Å²) < 4.78 is 5.15. The Hall–Kier alpha value is -0.990. The third-order valence-corrected chi connectivity index (χ3v) is 1.66. The highest BCUT2D eigenvalue weighted by molar-refractivity contribution is 5.81. The van der Waals surface area contributed by atoms with E-state index in [4.69, 9.17) is 4.74 Å². The zero-order valence-corrected chi connectivity index (χ0v) is 7.54. The molecule has 0 aliphatic carbocycles. The van der Waals surface area contributed by atoms with E-state index < -0.39 is 0 Å². The van der Waals surface area contributed by atoms with Crippen LogP contribution in [0, 0.1) is 0 Å². The topological polar surface area (TPSA) is 38.3 Å². The zero-order chi connectivity index (χ0) is 8.97. The molecule has 0 fully saturated rings. The van der Waals surface area contributed by atoms with E-state index in [0.29, 0.717) is 0 Å². The van der Waals surface area contributed by atoms with Crippen LogP contribution in [0.4, 0.5) is 0 Å². The van der Waals surface area contributed by atoms with Gasteiger partial charge in [-0.15, -0.1) is 0 Å². The van der Waals surface area contributed by atoms with E-state index in [1.165, 1.54) is 0 Å². The quantitative estimate of drug-likeness (QED) is 0.674. The lowest BCUT2D eigenvalue weighted by Crippen LogP contribution is -2.40. The van der Waals surface area contributed by atoms with Gasteiger partial charge in [-0.25, -0.2) is 0 Å². The van der Waals surface area contributed by atoms with Crippen LogP contribution in [-0.4, -0.2) is 18.1 Å². The largest absolute Gasteiger partial charge is 0.489 e.